The van der Waals surface area contributed by atoms with Crippen LogP contribution in [0.25, 0.3) is 0 Å². The number of hydrogen-bond acceptors (Lipinski definition) is 8. The van der Waals surface area contributed by atoms with Crippen LogP contribution in [0.3, 0.4) is 0 Å². The van der Waals surface area contributed by atoms with Crippen molar-refractivity contribution >= 4 is 23.7 Å². The number of fused-ring (bicyclic) bond motifs is 7. The summed E-state index contributed by atoms with van der Waals surface area (Å²) >= 11 is 0. The van der Waals surface area contributed by atoms with E-state index in [-0.39, 0.29) is 33.5 Å². The molecule has 0 aromatic heterocycles. The second kappa shape index (κ2) is 13.0. The van der Waals surface area contributed by atoms with Crippen LogP contribution in [0.15, 0.2) is 11.6 Å². The third kappa shape index (κ3) is 6.30. The topological polar surface area (TPSA) is 105 Å². The predicted octanol–water partition coefficient (Wildman–Crippen LogP) is 7.50. The van der Waals surface area contributed by atoms with Gasteiger partial charge in [-0.3, -0.25) is 19.2 Å². The predicted molar refractivity (Wildman–Crippen MR) is 181 cm³/mol. The van der Waals surface area contributed by atoms with Crippen LogP contribution < -0.4 is 0 Å². The fourth-order valence-corrected chi connectivity index (χ4v) is 12.5. The molecule has 1 aliphatic heterocycles. The van der Waals surface area contributed by atoms with Gasteiger partial charge in [0.25, 0.3) is 0 Å². The Kier molecular flexibility index (Phi) is 9.71. The fraction of sp³-hybridized carbons (Fsp3) is 0.850. The molecule has 0 aromatic carbocycles. The number of carbonyl (C=O) groups is 4. The molecule has 0 radical (unpaired) electrons. The zero-order valence-electron chi connectivity index (χ0n) is 31.0. The molecule has 13 unspecified atom stereocenters. The van der Waals surface area contributed by atoms with E-state index >= 15 is 0 Å². The van der Waals surface area contributed by atoms with Crippen molar-refractivity contribution < 1.29 is 42.5 Å². The molecule has 5 aliphatic carbocycles. The summed E-state index contributed by atoms with van der Waals surface area (Å²) in [6, 6.07) is 0. The maximum absolute atomic E-state index is 14.7. The zero-order valence-corrected chi connectivity index (χ0v) is 31.0. The number of halogens is 1. The monoisotopic (exact) mass is 686 g/mol. The average Bonchev–Trinajstić information content (AvgIpc) is 3.01. The van der Waals surface area contributed by atoms with Gasteiger partial charge >= 0.3 is 17.9 Å². The Labute approximate surface area is 292 Å². The highest BCUT2D eigenvalue weighted by atomic mass is 19.1. The summed E-state index contributed by atoms with van der Waals surface area (Å²) in [6.07, 6.45) is 7.73. The smallest absolute Gasteiger partial charge is 0.303 e. The molecule has 6 aliphatic rings. The molecule has 274 valence electrons. The molecule has 8 nitrogen and oxygen atoms in total. The summed E-state index contributed by atoms with van der Waals surface area (Å²) in [4.78, 5) is 49.8. The lowest BCUT2D eigenvalue weighted by molar-refractivity contribution is -0.256. The summed E-state index contributed by atoms with van der Waals surface area (Å²) in [6.45, 7) is 14.7. The highest BCUT2D eigenvalue weighted by molar-refractivity contribution is 5.82. The molecule has 9 heteroatoms. The number of alkyl halides is 1. The van der Waals surface area contributed by atoms with Gasteiger partial charge in [0.1, 0.15) is 18.6 Å². The van der Waals surface area contributed by atoms with Crippen LogP contribution >= 0.6 is 0 Å². The van der Waals surface area contributed by atoms with Crippen LogP contribution in [0.5, 0.6) is 0 Å². The van der Waals surface area contributed by atoms with Gasteiger partial charge in [-0.25, -0.2) is 4.39 Å². The number of rotatable bonds is 6. The van der Waals surface area contributed by atoms with Crippen molar-refractivity contribution in [3.63, 3.8) is 0 Å². The Morgan fingerprint density at radius 2 is 1.45 bits per heavy atom. The normalized spacial score (nSPS) is 45.7. The SMILES string of the molecule is CC(=O)OC1C(CF)OC(CC23CCC4C(=CCC5C4(C)CCC4C(C)C(=O)CCC45C)C2CC(C)(C)CC3)C(OC(C)=O)C1OC(C)=O. The largest absolute Gasteiger partial charge is 0.456 e. The Hall–Kier alpha value is -2.29. The molecule has 0 aromatic rings. The Bertz CT molecular complexity index is 1370. The molecule has 6 rings (SSSR count). The Morgan fingerprint density at radius 3 is 2.08 bits per heavy atom. The van der Waals surface area contributed by atoms with Crippen molar-refractivity contribution in [2.24, 2.45) is 51.2 Å². The van der Waals surface area contributed by atoms with Gasteiger partial charge in [0.05, 0.1) is 6.10 Å². The summed E-state index contributed by atoms with van der Waals surface area (Å²) in [5, 5.41) is 0. The molecular formula is C40H59FO8. The number of hydrogen-bond donors (Lipinski definition) is 0. The Balaban J connectivity index is 1.36. The highest BCUT2D eigenvalue weighted by Crippen LogP contribution is 2.71. The number of ether oxygens (including phenoxy) is 4. The molecule has 0 spiro atoms. The van der Waals surface area contributed by atoms with Crippen molar-refractivity contribution in [3.05, 3.63) is 11.6 Å². The first-order valence-corrected chi connectivity index (χ1v) is 18.9. The van der Waals surface area contributed by atoms with Crippen LogP contribution in [-0.2, 0) is 38.1 Å². The van der Waals surface area contributed by atoms with E-state index in [1.165, 1.54) is 20.8 Å². The number of esters is 3. The van der Waals surface area contributed by atoms with E-state index in [0.717, 1.165) is 57.8 Å². The van der Waals surface area contributed by atoms with Gasteiger partial charge in [-0.2, -0.15) is 0 Å². The fourth-order valence-electron chi connectivity index (χ4n) is 12.5. The highest BCUT2D eigenvalue weighted by Gasteiger charge is 2.64. The maximum atomic E-state index is 14.7. The van der Waals surface area contributed by atoms with Gasteiger partial charge in [-0.1, -0.05) is 46.3 Å². The standard InChI is InChI=1S/C40H59FO8/c1-22-27-11-14-39(8)28-12-16-40(18-17-37(5,6)19-29(40)26(28)9-10-33(39)38(27,7)15-13-30(22)45)20-31-34(46-23(2)42)36(48-25(4)44)35(47-24(3)43)32(21-41)49-31/h9,22,27-29,31-36H,10-21H2,1-8H3. The number of carbonyl (C=O) groups excluding carboxylic acids is 4. The van der Waals surface area contributed by atoms with E-state index in [4.69, 9.17) is 18.9 Å². The molecule has 0 N–H and O–H groups in total. The Morgan fingerprint density at radius 1 is 0.816 bits per heavy atom. The molecule has 1 saturated heterocycles. The van der Waals surface area contributed by atoms with E-state index in [0.29, 0.717) is 36.4 Å². The van der Waals surface area contributed by atoms with Crippen LogP contribution in [0, 0.1) is 51.2 Å². The van der Waals surface area contributed by atoms with Crippen LogP contribution in [-0.4, -0.2) is 60.9 Å². The van der Waals surface area contributed by atoms with Gasteiger partial charge in [0.2, 0.25) is 0 Å². The molecule has 49 heavy (non-hydrogen) atoms. The third-order valence-corrected chi connectivity index (χ3v) is 14.8. The van der Waals surface area contributed by atoms with Gasteiger partial charge in [-0.05, 0) is 110 Å². The minimum atomic E-state index is -1.24. The first-order chi connectivity index (χ1) is 22.9. The van der Waals surface area contributed by atoms with Crippen LogP contribution in [0.1, 0.15) is 126 Å². The van der Waals surface area contributed by atoms with Crippen molar-refractivity contribution in [1.29, 1.82) is 0 Å². The van der Waals surface area contributed by atoms with E-state index in [1.54, 1.807) is 5.57 Å². The lowest BCUT2D eigenvalue weighted by Crippen LogP contribution is -2.63. The van der Waals surface area contributed by atoms with Crippen molar-refractivity contribution in [2.75, 3.05) is 6.67 Å². The van der Waals surface area contributed by atoms with E-state index < -0.39 is 55.1 Å². The van der Waals surface area contributed by atoms with Gasteiger partial charge < -0.3 is 18.9 Å². The third-order valence-electron chi connectivity index (χ3n) is 14.8. The minimum absolute atomic E-state index is 0.136. The van der Waals surface area contributed by atoms with E-state index in [9.17, 15) is 23.6 Å². The van der Waals surface area contributed by atoms with Crippen molar-refractivity contribution in [3.8, 4) is 0 Å². The average molecular weight is 687 g/mol. The lowest BCUT2D eigenvalue weighted by atomic mass is 9.38. The maximum Gasteiger partial charge on any atom is 0.303 e. The van der Waals surface area contributed by atoms with Gasteiger partial charge in [-0.15, -0.1) is 0 Å². The second-order valence-electron chi connectivity index (χ2n) is 18.1. The summed E-state index contributed by atoms with van der Waals surface area (Å²) in [5.74, 6) is 0.432. The second-order valence-corrected chi connectivity index (χ2v) is 18.1. The number of Topliss-reactive ketones (excluding diaryl/α,β-unsaturated/α-hetero) is 1. The molecule has 0 amide bonds. The van der Waals surface area contributed by atoms with Crippen molar-refractivity contribution in [1.82, 2.24) is 0 Å². The summed E-state index contributed by atoms with van der Waals surface area (Å²) in [7, 11) is 0. The van der Waals surface area contributed by atoms with Gasteiger partial charge in [0, 0.05) is 33.1 Å². The molecule has 13 atom stereocenters. The number of ketones is 1. The zero-order chi connectivity index (χ0) is 35.7. The molecular weight excluding hydrogens is 627 g/mol. The molecule has 0 bridgehead atoms. The molecule has 1 heterocycles. The summed E-state index contributed by atoms with van der Waals surface area (Å²) < 4.78 is 38.2. The van der Waals surface area contributed by atoms with Crippen molar-refractivity contribution in [2.45, 2.75) is 157 Å². The van der Waals surface area contributed by atoms with Gasteiger partial charge in [0.15, 0.2) is 18.3 Å². The molecule has 4 saturated carbocycles. The number of allylic oxidation sites excluding steroid dienone is 2. The molecule has 5 fully saturated rings. The minimum Gasteiger partial charge on any atom is -0.456 e. The first-order valence-electron chi connectivity index (χ1n) is 18.9. The van der Waals surface area contributed by atoms with E-state index in [1.807, 2.05) is 0 Å². The lowest BCUT2D eigenvalue weighted by Gasteiger charge is -2.66. The summed E-state index contributed by atoms with van der Waals surface area (Å²) in [5.41, 5.74) is 1.84. The van der Waals surface area contributed by atoms with Crippen LogP contribution in [0.2, 0.25) is 0 Å². The van der Waals surface area contributed by atoms with E-state index in [2.05, 4.69) is 40.7 Å². The first kappa shape index (κ1) is 36.5. The quantitative estimate of drug-likeness (QED) is 0.161. The van der Waals surface area contributed by atoms with Crippen LogP contribution in [0.4, 0.5) is 4.39 Å².